The van der Waals surface area contributed by atoms with Crippen molar-refractivity contribution in [2.24, 2.45) is 5.92 Å². The summed E-state index contributed by atoms with van der Waals surface area (Å²) in [6.45, 7) is 8.81. The van der Waals surface area contributed by atoms with Crippen molar-refractivity contribution in [2.45, 2.75) is 58.2 Å². The fourth-order valence-electron chi connectivity index (χ4n) is 2.76. The third-order valence-electron chi connectivity index (χ3n) is 3.87. The van der Waals surface area contributed by atoms with Crippen molar-refractivity contribution in [1.82, 2.24) is 0 Å². The van der Waals surface area contributed by atoms with Crippen LogP contribution in [0.2, 0.25) is 0 Å². The first-order valence-electron chi connectivity index (χ1n) is 7.34. The van der Waals surface area contributed by atoms with E-state index in [4.69, 9.17) is 4.74 Å². The van der Waals surface area contributed by atoms with Gasteiger partial charge in [-0.05, 0) is 42.9 Å². The highest BCUT2D eigenvalue weighted by molar-refractivity contribution is 9.09. The molecule has 0 amide bonds. The van der Waals surface area contributed by atoms with E-state index in [1.54, 1.807) is 7.11 Å². The molecule has 2 unspecified atom stereocenters. The zero-order valence-electron chi connectivity index (χ0n) is 12.9. The van der Waals surface area contributed by atoms with Gasteiger partial charge in [-0.2, -0.15) is 0 Å². The van der Waals surface area contributed by atoms with Crippen LogP contribution in [0.4, 0.5) is 0 Å². The summed E-state index contributed by atoms with van der Waals surface area (Å²) in [4.78, 5) is 0.451. The molecule has 0 radical (unpaired) electrons. The van der Waals surface area contributed by atoms with Gasteiger partial charge in [-0.25, -0.2) is 0 Å². The molecule has 0 aliphatic carbocycles. The van der Waals surface area contributed by atoms with Gasteiger partial charge in [0.05, 0.1) is 7.11 Å². The molecule has 1 aromatic rings. The normalized spacial score (nSPS) is 14.2. The maximum atomic E-state index is 5.45. The number of alkyl halides is 1. The Labute approximate surface area is 126 Å². The first-order valence-corrected chi connectivity index (χ1v) is 8.25. The molecule has 108 valence electrons. The quantitative estimate of drug-likeness (QED) is 0.561. The summed E-state index contributed by atoms with van der Waals surface area (Å²) < 4.78 is 5.45. The molecule has 0 aliphatic rings. The summed E-state index contributed by atoms with van der Waals surface area (Å²) in [6, 6.07) is 4.53. The van der Waals surface area contributed by atoms with Crippen LogP contribution in [-0.2, 0) is 0 Å². The van der Waals surface area contributed by atoms with E-state index in [9.17, 15) is 0 Å². The number of halogens is 1. The summed E-state index contributed by atoms with van der Waals surface area (Å²) in [6.07, 6.45) is 5.11. The predicted octanol–water partition coefficient (Wildman–Crippen LogP) is 5.96. The van der Waals surface area contributed by atoms with Crippen LogP contribution in [0.5, 0.6) is 5.75 Å². The lowest BCUT2D eigenvalue weighted by Crippen LogP contribution is -2.08. The monoisotopic (exact) mass is 326 g/mol. The van der Waals surface area contributed by atoms with Crippen LogP contribution in [0, 0.1) is 19.8 Å². The minimum absolute atomic E-state index is 0.451. The molecule has 0 aliphatic heterocycles. The van der Waals surface area contributed by atoms with Crippen molar-refractivity contribution < 1.29 is 4.74 Å². The number of unbranched alkanes of at least 4 members (excludes halogenated alkanes) is 1. The Bertz CT molecular complexity index is 377. The lowest BCUT2D eigenvalue weighted by Gasteiger charge is -2.23. The largest absolute Gasteiger partial charge is 0.496 e. The standard InChI is InChI=1S/C17H27BrO/c1-6-8-9-14(7-2)16(18)15-10-12(3)17(19-5)13(4)11-15/h10-11,14,16H,6-9H2,1-5H3. The Balaban J connectivity index is 2.95. The van der Waals surface area contributed by atoms with Crippen molar-refractivity contribution in [3.05, 3.63) is 28.8 Å². The third kappa shape index (κ3) is 4.24. The molecule has 0 bridgehead atoms. The number of rotatable bonds is 7. The molecular weight excluding hydrogens is 300 g/mol. The van der Waals surface area contributed by atoms with Crippen LogP contribution in [0.3, 0.4) is 0 Å². The molecule has 0 fully saturated rings. The van der Waals surface area contributed by atoms with Crippen LogP contribution in [0.1, 0.15) is 61.0 Å². The van der Waals surface area contributed by atoms with Gasteiger partial charge >= 0.3 is 0 Å². The van der Waals surface area contributed by atoms with Gasteiger partial charge in [-0.1, -0.05) is 61.2 Å². The lowest BCUT2D eigenvalue weighted by atomic mass is 9.90. The maximum absolute atomic E-state index is 5.45. The van der Waals surface area contributed by atoms with Crippen molar-refractivity contribution in [2.75, 3.05) is 7.11 Å². The first-order chi connectivity index (χ1) is 9.04. The van der Waals surface area contributed by atoms with Crippen LogP contribution >= 0.6 is 15.9 Å². The van der Waals surface area contributed by atoms with E-state index in [1.165, 1.54) is 42.4 Å². The summed E-state index contributed by atoms with van der Waals surface area (Å²) in [5.74, 6) is 1.73. The highest BCUT2D eigenvalue weighted by Gasteiger charge is 2.20. The topological polar surface area (TPSA) is 9.23 Å². The van der Waals surface area contributed by atoms with E-state index < -0.39 is 0 Å². The van der Waals surface area contributed by atoms with Crippen molar-refractivity contribution in [1.29, 1.82) is 0 Å². The van der Waals surface area contributed by atoms with Crippen LogP contribution < -0.4 is 4.74 Å². The number of hydrogen-bond donors (Lipinski definition) is 0. The minimum atomic E-state index is 0.451. The Morgan fingerprint density at radius 3 is 2.16 bits per heavy atom. The van der Waals surface area contributed by atoms with Gasteiger partial charge in [0, 0.05) is 4.83 Å². The molecule has 0 aromatic heterocycles. The molecule has 2 heteroatoms. The molecule has 0 saturated carbocycles. The minimum Gasteiger partial charge on any atom is -0.496 e. The van der Waals surface area contributed by atoms with Gasteiger partial charge in [0.1, 0.15) is 5.75 Å². The Morgan fingerprint density at radius 2 is 1.74 bits per heavy atom. The van der Waals surface area contributed by atoms with Crippen molar-refractivity contribution >= 4 is 15.9 Å². The fraction of sp³-hybridized carbons (Fsp3) is 0.647. The van der Waals surface area contributed by atoms with Crippen molar-refractivity contribution in [3.63, 3.8) is 0 Å². The van der Waals surface area contributed by atoms with Gasteiger partial charge in [-0.15, -0.1) is 0 Å². The average Bonchev–Trinajstić information content (AvgIpc) is 2.39. The summed E-state index contributed by atoms with van der Waals surface area (Å²) in [7, 11) is 1.75. The summed E-state index contributed by atoms with van der Waals surface area (Å²) >= 11 is 3.92. The second kappa shape index (κ2) is 7.94. The average molecular weight is 327 g/mol. The summed E-state index contributed by atoms with van der Waals surface area (Å²) in [5, 5.41) is 0. The highest BCUT2D eigenvalue weighted by Crippen LogP contribution is 2.38. The molecule has 0 N–H and O–H groups in total. The smallest absolute Gasteiger partial charge is 0.124 e. The zero-order valence-corrected chi connectivity index (χ0v) is 14.5. The number of aryl methyl sites for hydroxylation is 2. The Morgan fingerprint density at radius 1 is 1.16 bits per heavy atom. The van der Waals surface area contributed by atoms with E-state index >= 15 is 0 Å². The number of hydrogen-bond acceptors (Lipinski definition) is 1. The molecule has 1 rings (SSSR count). The maximum Gasteiger partial charge on any atom is 0.124 e. The molecule has 2 atom stereocenters. The van der Waals surface area contributed by atoms with E-state index in [-0.39, 0.29) is 0 Å². The van der Waals surface area contributed by atoms with Gasteiger partial charge in [-0.3, -0.25) is 0 Å². The van der Waals surface area contributed by atoms with E-state index in [0.717, 1.165) is 5.75 Å². The molecule has 0 spiro atoms. The molecule has 0 heterocycles. The second-order valence-electron chi connectivity index (χ2n) is 5.40. The summed E-state index contributed by atoms with van der Waals surface area (Å²) in [5.41, 5.74) is 3.85. The van der Waals surface area contributed by atoms with Gasteiger partial charge in [0.15, 0.2) is 0 Å². The lowest BCUT2D eigenvalue weighted by molar-refractivity contribution is 0.407. The van der Waals surface area contributed by atoms with E-state index in [1.807, 2.05) is 0 Å². The van der Waals surface area contributed by atoms with E-state index in [2.05, 4.69) is 55.8 Å². The first kappa shape index (κ1) is 16.6. The number of benzene rings is 1. The second-order valence-corrected chi connectivity index (χ2v) is 6.39. The Kier molecular flexibility index (Phi) is 6.92. The van der Waals surface area contributed by atoms with Crippen LogP contribution in [0.15, 0.2) is 12.1 Å². The highest BCUT2D eigenvalue weighted by atomic mass is 79.9. The van der Waals surface area contributed by atoms with E-state index in [0.29, 0.717) is 10.7 Å². The molecule has 1 nitrogen and oxygen atoms in total. The number of ether oxygens (including phenoxy) is 1. The predicted molar refractivity (Wildman–Crippen MR) is 87.4 cm³/mol. The fourth-order valence-corrected chi connectivity index (χ4v) is 3.66. The molecule has 0 saturated heterocycles. The van der Waals surface area contributed by atoms with Gasteiger partial charge < -0.3 is 4.74 Å². The van der Waals surface area contributed by atoms with Crippen LogP contribution in [-0.4, -0.2) is 7.11 Å². The van der Waals surface area contributed by atoms with Gasteiger partial charge in [0.25, 0.3) is 0 Å². The molecular formula is C17H27BrO. The SMILES string of the molecule is CCCCC(CC)C(Br)c1cc(C)c(OC)c(C)c1. The molecule has 1 aromatic carbocycles. The third-order valence-corrected chi connectivity index (χ3v) is 5.15. The Hall–Kier alpha value is -0.500. The number of methoxy groups -OCH3 is 1. The van der Waals surface area contributed by atoms with Crippen molar-refractivity contribution in [3.8, 4) is 5.75 Å². The van der Waals surface area contributed by atoms with Crippen LogP contribution in [0.25, 0.3) is 0 Å². The van der Waals surface area contributed by atoms with Gasteiger partial charge in [0.2, 0.25) is 0 Å². The molecule has 19 heavy (non-hydrogen) atoms. The zero-order chi connectivity index (χ0) is 14.4.